The van der Waals surface area contributed by atoms with E-state index in [2.05, 4.69) is 32.2 Å². The summed E-state index contributed by atoms with van der Waals surface area (Å²) in [5.41, 5.74) is 1.22. The van der Waals surface area contributed by atoms with Gasteiger partial charge in [-0.25, -0.2) is 0 Å². The molecule has 0 spiro atoms. The van der Waals surface area contributed by atoms with Crippen LogP contribution in [0.2, 0.25) is 0 Å². The first-order valence-electron chi connectivity index (χ1n) is 8.63. The zero-order valence-corrected chi connectivity index (χ0v) is 15.3. The number of rotatable bonds is 10. The lowest BCUT2D eigenvalue weighted by molar-refractivity contribution is -0.118. The monoisotopic (exact) mass is 360 g/mol. The van der Waals surface area contributed by atoms with Crippen molar-refractivity contribution in [3.63, 3.8) is 0 Å². The highest BCUT2D eigenvalue weighted by molar-refractivity contribution is 7.99. The molecule has 0 atom stereocenters. The quantitative estimate of drug-likeness (QED) is 0.521. The Morgan fingerprint density at radius 3 is 2.84 bits per heavy atom. The Balaban J connectivity index is 1.60. The zero-order valence-electron chi connectivity index (χ0n) is 14.5. The summed E-state index contributed by atoms with van der Waals surface area (Å²) in [6.45, 7) is 2.04. The molecule has 1 N–H and O–H groups in total. The van der Waals surface area contributed by atoms with Crippen LogP contribution in [0.15, 0.2) is 35.5 Å². The summed E-state index contributed by atoms with van der Waals surface area (Å²) in [5.74, 6) is 1.94. The molecule has 1 aromatic heterocycles. The second kappa shape index (κ2) is 9.01. The van der Waals surface area contributed by atoms with Gasteiger partial charge in [0.25, 0.3) is 0 Å². The summed E-state index contributed by atoms with van der Waals surface area (Å²) in [4.78, 5) is 12.0. The second-order valence-corrected chi connectivity index (χ2v) is 7.11. The number of nitrogens with one attached hydrogen (secondary N) is 1. The number of amides is 1. The van der Waals surface area contributed by atoms with Gasteiger partial charge in [-0.3, -0.25) is 4.79 Å². The fraction of sp³-hybridized carbons (Fsp3) is 0.500. The molecule has 0 bridgehead atoms. The molecule has 134 valence electrons. The van der Waals surface area contributed by atoms with Crippen molar-refractivity contribution in [2.45, 2.75) is 36.9 Å². The van der Waals surface area contributed by atoms with Gasteiger partial charge in [0.15, 0.2) is 5.16 Å². The lowest BCUT2D eigenvalue weighted by atomic mass is 10.2. The molecule has 1 saturated carbocycles. The molecule has 1 fully saturated rings. The predicted octanol–water partition coefficient (Wildman–Crippen LogP) is 2.45. The molecule has 25 heavy (non-hydrogen) atoms. The average molecular weight is 360 g/mol. The van der Waals surface area contributed by atoms with Gasteiger partial charge < -0.3 is 14.6 Å². The van der Waals surface area contributed by atoms with Crippen molar-refractivity contribution in [1.82, 2.24) is 20.1 Å². The van der Waals surface area contributed by atoms with E-state index in [1.807, 2.05) is 18.2 Å². The van der Waals surface area contributed by atoms with Crippen LogP contribution in [0.3, 0.4) is 0 Å². The molecule has 1 aromatic carbocycles. The minimum atomic E-state index is 0.0170. The maximum atomic E-state index is 12.0. The molecule has 2 aromatic rings. The Labute approximate surface area is 152 Å². The Bertz CT molecular complexity index is 686. The fourth-order valence-electron chi connectivity index (χ4n) is 2.59. The minimum Gasteiger partial charge on any atom is -0.385 e. The van der Waals surface area contributed by atoms with Crippen LogP contribution >= 0.6 is 11.8 Å². The van der Waals surface area contributed by atoms with E-state index in [-0.39, 0.29) is 5.91 Å². The molecule has 0 radical (unpaired) electrons. The van der Waals surface area contributed by atoms with Crippen molar-refractivity contribution in [3.05, 3.63) is 41.7 Å². The highest BCUT2D eigenvalue weighted by atomic mass is 32.2. The normalized spacial score (nSPS) is 13.8. The Hall–Kier alpha value is -1.86. The summed E-state index contributed by atoms with van der Waals surface area (Å²) < 4.78 is 7.14. The molecule has 6 nitrogen and oxygen atoms in total. The van der Waals surface area contributed by atoms with Gasteiger partial charge in [-0.05, 0) is 24.8 Å². The number of benzene rings is 1. The molecule has 1 heterocycles. The lowest BCUT2D eigenvalue weighted by Crippen LogP contribution is -2.27. The van der Waals surface area contributed by atoms with Crippen molar-refractivity contribution >= 4 is 17.7 Å². The van der Waals surface area contributed by atoms with Gasteiger partial charge in [0.05, 0.1) is 12.3 Å². The van der Waals surface area contributed by atoms with Crippen LogP contribution in [0.1, 0.15) is 36.6 Å². The third-order valence-electron chi connectivity index (χ3n) is 4.05. The molecule has 1 aliphatic carbocycles. The van der Waals surface area contributed by atoms with E-state index in [9.17, 15) is 4.79 Å². The van der Waals surface area contributed by atoms with Crippen molar-refractivity contribution < 1.29 is 9.53 Å². The number of aromatic nitrogens is 3. The highest BCUT2D eigenvalue weighted by Crippen LogP contribution is 2.40. The number of carbonyl (C=O) groups is 1. The van der Waals surface area contributed by atoms with Crippen molar-refractivity contribution in [1.29, 1.82) is 0 Å². The number of carbonyl (C=O) groups excluding carboxylic acids is 1. The van der Waals surface area contributed by atoms with Gasteiger partial charge in [0, 0.05) is 26.2 Å². The largest absolute Gasteiger partial charge is 0.385 e. The van der Waals surface area contributed by atoms with Crippen molar-refractivity contribution in [2.24, 2.45) is 0 Å². The smallest absolute Gasteiger partial charge is 0.230 e. The summed E-state index contributed by atoms with van der Waals surface area (Å²) in [5, 5.41) is 12.4. The first-order chi connectivity index (χ1) is 12.3. The summed E-state index contributed by atoms with van der Waals surface area (Å²) in [6.07, 6.45) is 3.18. The SMILES string of the molecule is COCCCNC(=O)CSc1nnc(C2CC2)n1Cc1ccccc1. The minimum absolute atomic E-state index is 0.0170. The number of ether oxygens (including phenoxy) is 1. The van der Waals surface area contributed by atoms with Gasteiger partial charge in [-0.15, -0.1) is 10.2 Å². The standard InChI is InChI=1S/C18H24N4O2S/c1-24-11-5-10-19-16(23)13-25-18-21-20-17(15-8-9-15)22(18)12-14-6-3-2-4-7-14/h2-4,6-7,15H,5,8-13H2,1H3,(H,19,23). The van der Waals surface area contributed by atoms with Crippen LogP contribution in [0, 0.1) is 0 Å². The van der Waals surface area contributed by atoms with Crippen LogP contribution < -0.4 is 5.32 Å². The summed E-state index contributed by atoms with van der Waals surface area (Å²) >= 11 is 1.45. The van der Waals surface area contributed by atoms with E-state index >= 15 is 0 Å². The average Bonchev–Trinajstić information content (AvgIpc) is 3.40. The number of hydrogen-bond acceptors (Lipinski definition) is 5. The van der Waals surface area contributed by atoms with E-state index in [1.54, 1.807) is 7.11 Å². The first-order valence-corrected chi connectivity index (χ1v) is 9.62. The van der Waals surface area contributed by atoms with E-state index in [0.717, 1.165) is 23.9 Å². The summed E-state index contributed by atoms with van der Waals surface area (Å²) in [7, 11) is 1.66. The highest BCUT2D eigenvalue weighted by Gasteiger charge is 2.30. The third kappa shape index (κ3) is 5.31. The number of thioether (sulfide) groups is 1. The first kappa shape index (κ1) is 17.9. The third-order valence-corrected chi connectivity index (χ3v) is 5.02. The van der Waals surface area contributed by atoms with Crippen LogP contribution in [0.5, 0.6) is 0 Å². The Kier molecular flexibility index (Phi) is 6.47. The number of nitrogens with zero attached hydrogens (tertiary/aromatic N) is 3. The van der Waals surface area contributed by atoms with E-state index in [0.29, 0.717) is 24.8 Å². The van der Waals surface area contributed by atoms with Gasteiger partial charge in [0.2, 0.25) is 5.91 Å². The predicted molar refractivity (Wildman–Crippen MR) is 97.8 cm³/mol. The Morgan fingerprint density at radius 1 is 1.32 bits per heavy atom. The molecule has 0 unspecified atom stereocenters. The van der Waals surface area contributed by atoms with Gasteiger partial charge in [0.1, 0.15) is 5.82 Å². The molecule has 0 aliphatic heterocycles. The lowest BCUT2D eigenvalue weighted by Gasteiger charge is -2.10. The maximum absolute atomic E-state index is 12.0. The van der Waals surface area contributed by atoms with Crippen molar-refractivity contribution in [2.75, 3.05) is 26.0 Å². The maximum Gasteiger partial charge on any atom is 0.230 e. The van der Waals surface area contributed by atoms with E-state index in [4.69, 9.17) is 4.74 Å². The summed E-state index contributed by atoms with van der Waals surface area (Å²) in [6, 6.07) is 10.3. The number of hydrogen-bond donors (Lipinski definition) is 1. The second-order valence-electron chi connectivity index (χ2n) is 6.17. The Morgan fingerprint density at radius 2 is 2.12 bits per heavy atom. The van der Waals surface area contributed by atoms with Crippen LogP contribution in [-0.2, 0) is 16.1 Å². The van der Waals surface area contributed by atoms with Gasteiger partial charge in [-0.2, -0.15) is 0 Å². The molecule has 3 rings (SSSR count). The molecular weight excluding hydrogens is 336 g/mol. The van der Waals surface area contributed by atoms with Crippen LogP contribution in [0.25, 0.3) is 0 Å². The van der Waals surface area contributed by atoms with Crippen LogP contribution in [-0.4, -0.2) is 46.7 Å². The van der Waals surface area contributed by atoms with E-state index < -0.39 is 0 Å². The molecule has 1 aliphatic rings. The molecule has 7 heteroatoms. The molecule has 0 saturated heterocycles. The van der Waals surface area contributed by atoms with E-state index in [1.165, 1.54) is 30.2 Å². The topological polar surface area (TPSA) is 69.0 Å². The van der Waals surface area contributed by atoms with Gasteiger partial charge >= 0.3 is 0 Å². The van der Waals surface area contributed by atoms with Crippen molar-refractivity contribution in [3.8, 4) is 0 Å². The molecular formula is C18H24N4O2S. The van der Waals surface area contributed by atoms with Crippen LogP contribution in [0.4, 0.5) is 0 Å². The molecule has 1 amide bonds. The van der Waals surface area contributed by atoms with Gasteiger partial charge in [-0.1, -0.05) is 42.1 Å². The zero-order chi connectivity index (χ0) is 17.5. The number of methoxy groups -OCH3 is 1. The fourth-order valence-corrected chi connectivity index (χ4v) is 3.37.